The second-order valence-corrected chi connectivity index (χ2v) is 6.16. The zero-order chi connectivity index (χ0) is 17.6. The zero-order valence-electron chi connectivity index (χ0n) is 15.1. The number of carbonyl (C=O) groups excluding carboxylic acids is 2. The summed E-state index contributed by atoms with van der Waals surface area (Å²) in [4.78, 5) is 23.7. The first-order chi connectivity index (χ1) is 11.7. The van der Waals surface area contributed by atoms with Crippen molar-refractivity contribution in [2.24, 2.45) is 0 Å². The summed E-state index contributed by atoms with van der Waals surface area (Å²) in [5.41, 5.74) is 0.908. The highest BCUT2D eigenvalue weighted by atomic mass is 16.5. The number of amides is 1. The number of ether oxygens (including phenoxy) is 1. The third kappa shape index (κ3) is 8.14. The molecule has 1 amide bonds. The van der Waals surface area contributed by atoms with Crippen LogP contribution in [-0.2, 0) is 9.53 Å². The van der Waals surface area contributed by atoms with Gasteiger partial charge in [0.2, 0.25) is 5.91 Å². The molecule has 4 nitrogen and oxygen atoms in total. The molecule has 1 aromatic carbocycles. The first-order valence-electron chi connectivity index (χ1n) is 9.16. The predicted molar refractivity (Wildman–Crippen MR) is 98.3 cm³/mol. The van der Waals surface area contributed by atoms with Gasteiger partial charge in [-0.15, -0.1) is 0 Å². The summed E-state index contributed by atoms with van der Waals surface area (Å²) in [6.45, 7) is 2.23. The molecule has 1 rings (SSSR count). The molecule has 134 valence electrons. The van der Waals surface area contributed by atoms with E-state index in [1.54, 1.807) is 24.3 Å². The SMILES string of the molecule is CCCCCCCCCCCC(=O)Nc1ccccc1C(=O)OC. The van der Waals surface area contributed by atoms with Gasteiger partial charge >= 0.3 is 5.97 Å². The van der Waals surface area contributed by atoms with Crippen LogP contribution < -0.4 is 5.32 Å². The van der Waals surface area contributed by atoms with E-state index in [-0.39, 0.29) is 5.91 Å². The lowest BCUT2D eigenvalue weighted by Gasteiger charge is -2.09. The normalized spacial score (nSPS) is 10.4. The van der Waals surface area contributed by atoms with Crippen molar-refractivity contribution in [2.45, 2.75) is 71.1 Å². The predicted octanol–water partition coefficient (Wildman–Crippen LogP) is 5.33. The van der Waals surface area contributed by atoms with Gasteiger partial charge in [0.15, 0.2) is 0 Å². The van der Waals surface area contributed by atoms with E-state index in [0.29, 0.717) is 17.7 Å². The number of anilines is 1. The van der Waals surface area contributed by atoms with Crippen molar-refractivity contribution in [3.05, 3.63) is 29.8 Å². The second kappa shape index (κ2) is 12.6. The van der Waals surface area contributed by atoms with E-state index < -0.39 is 5.97 Å². The molecule has 0 saturated heterocycles. The van der Waals surface area contributed by atoms with Crippen LogP contribution in [0, 0.1) is 0 Å². The molecule has 0 fully saturated rings. The highest BCUT2D eigenvalue weighted by molar-refractivity contribution is 6.01. The van der Waals surface area contributed by atoms with Crippen molar-refractivity contribution in [1.82, 2.24) is 0 Å². The minimum Gasteiger partial charge on any atom is -0.465 e. The van der Waals surface area contributed by atoms with Gasteiger partial charge in [-0.3, -0.25) is 4.79 Å². The van der Waals surface area contributed by atoms with Gasteiger partial charge < -0.3 is 10.1 Å². The summed E-state index contributed by atoms with van der Waals surface area (Å²) in [5.74, 6) is -0.483. The van der Waals surface area contributed by atoms with Crippen LogP contribution in [0.5, 0.6) is 0 Å². The Morgan fingerprint density at radius 1 is 0.917 bits per heavy atom. The van der Waals surface area contributed by atoms with Crippen molar-refractivity contribution in [3.8, 4) is 0 Å². The molecule has 0 heterocycles. The molecule has 0 aliphatic rings. The lowest BCUT2D eigenvalue weighted by molar-refractivity contribution is -0.116. The van der Waals surface area contributed by atoms with E-state index in [4.69, 9.17) is 4.74 Å². The number of unbranched alkanes of at least 4 members (excludes halogenated alkanes) is 8. The lowest BCUT2D eigenvalue weighted by Crippen LogP contribution is -2.14. The lowest BCUT2D eigenvalue weighted by atomic mass is 10.1. The van der Waals surface area contributed by atoms with Crippen molar-refractivity contribution in [3.63, 3.8) is 0 Å². The number of hydrogen-bond donors (Lipinski definition) is 1. The zero-order valence-corrected chi connectivity index (χ0v) is 15.1. The van der Waals surface area contributed by atoms with Crippen LogP contribution in [-0.4, -0.2) is 19.0 Å². The Balaban J connectivity index is 2.20. The second-order valence-electron chi connectivity index (χ2n) is 6.16. The van der Waals surface area contributed by atoms with E-state index in [2.05, 4.69) is 12.2 Å². The largest absolute Gasteiger partial charge is 0.465 e. The van der Waals surface area contributed by atoms with Crippen LogP contribution in [0.25, 0.3) is 0 Å². The van der Waals surface area contributed by atoms with Gasteiger partial charge in [-0.1, -0.05) is 70.4 Å². The van der Waals surface area contributed by atoms with Gasteiger partial charge in [0.25, 0.3) is 0 Å². The van der Waals surface area contributed by atoms with Crippen LogP contribution in [0.1, 0.15) is 81.5 Å². The number of benzene rings is 1. The molecule has 0 atom stereocenters. The Hall–Kier alpha value is -1.84. The Labute approximate surface area is 146 Å². The molecule has 0 aliphatic heterocycles. The fourth-order valence-electron chi connectivity index (χ4n) is 2.69. The third-order valence-electron chi connectivity index (χ3n) is 4.11. The Bertz CT molecular complexity index is 499. The third-order valence-corrected chi connectivity index (χ3v) is 4.11. The van der Waals surface area contributed by atoms with Crippen molar-refractivity contribution in [2.75, 3.05) is 12.4 Å². The average molecular weight is 333 g/mol. The standard InChI is InChI=1S/C20H31NO3/c1-3-4-5-6-7-8-9-10-11-16-19(22)21-18-15-13-12-14-17(18)20(23)24-2/h12-15H,3-11,16H2,1-2H3,(H,21,22). The maximum atomic E-state index is 12.0. The molecule has 0 radical (unpaired) electrons. The molecular formula is C20H31NO3. The van der Waals surface area contributed by atoms with Crippen LogP contribution >= 0.6 is 0 Å². The van der Waals surface area contributed by atoms with Gasteiger partial charge in [-0.25, -0.2) is 4.79 Å². The van der Waals surface area contributed by atoms with Crippen molar-refractivity contribution in [1.29, 1.82) is 0 Å². The van der Waals surface area contributed by atoms with Crippen LogP contribution in [0.4, 0.5) is 5.69 Å². The van der Waals surface area contributed by atoms with E-state index in [9.17, 15) is 9.59 Å². The quantitative estimate of drug-likeness (QED) is 0.415. The molecule has 1 N–H and O–H groups in total. The van der Waals surface area contributed by atoms with Gasteiger partial charge in [-0.05, 0) is 18.6 Å². The van der Waals surface area contributed by atoms with E-state index in [1.807, 2.05) is 0 Å². The smallest absolute Gasteiger partial charge is 0.339 e. The van der Waals surface area contributed by atoms with E-state index in [1.165, 1.54) is 52.1 Å². The first kappa shape index (κ1) is 20.2. The summed E-state index contributed by atoms with van der Waals surface area (Å²) >= 11 is 0. The molecule has 24 heavy (non-hydrogen) atoms. The molecule has 0 aromatic heterocycles. The Morgan fingerprint density at radius 3 is 2.12 bits per heavy atom. The molecule has 0 aliphatic carbocycles. The monoisotopic (exact) mass is 333 g/mol. The van der Waals surface area contributed by atoms with Crippen LogP contribution in [0.2, 0.25) is 0 Å². The van der Waals surface area contributed by atoms with Gasteiger partial charge in [0, 0.05) is 6.42 Å². The molecule has 4 heteroatoms. The number of nitrogens with one attached hydrogen (secondary N) is 1. The number of methoxy groups -OCH3 is 1. The minimum atomic E-state index is -0.436. The van der Waals surface area contributed by atoms with E-state index in [0.717, 1.165) is 12.8 Å². The molecule has 1 aromatic rings. The molecule has 0 unspecified atom stereocenters. The summed E-state index contributed by atoms with van der Waals surface area (Å²) in [7, 11) is 1.34. The maximum absolute atomic E-state index is 12.0. The Kier molecular flexibility index (Phi) is 10.6. The molecule has 0 bridgehead atoms. The minimum absolute atomic E-state index is 0.0469. The summed E-state index contributed by atoms with van der Waals surface area (Å²) in [6.07, 6.45) is 11.5. The topological polar surface area (TPSA) is 55.4 Å². The molecular weight excluding hydrogens is 302 g/mol. The fraction of sp³-hybridized carbons (Fsp3) is 0.600. The fourth-order valence-corrected chi connectivity index (χ4v) is 2.69. The maximum Gasteiger partial charge on any atom is 0.339 e. The highest BCUT2D eigenvalue weighted by Gasteiger charge is 2.12. The van der Waals surface area contributed by atoms with Gasteiger partial charge in [0.1, 0.15) is 0 Å². The molecule has 0 saturated carbocycles. The number of hydrogen-bond acceptors (Lipinski definition) is 3. The van der Waals surface area contributed by atoms with E-state index >= 15 is 0 Å². The van der Waals surface area contributed by atoms with Gasteiger partial charge in [0.05, 0.1) is 18.4 Å². The number of carbonyl (C=O) groups is 2. The number of para-hydroxylation sites is 1. The Morgan fingerprint density at radius 2 is 1.50 bits per heavy atom. The highest BCUT2D eigenvalue weighted by Crippen LogP contribution is 2.17. The molecule has 0 spiro atoms. The van der Waals surface area contributed by atoms with Crippen LogP contribution in [0.15, 0.2) is 24.3 Å². The van der Waals surface area contributed by atoms with Crippen molar-refractivity contribution >= 4 is 17.6 Å². The summed E-state index contributed by atoms with van der Waals surface area (Å²) in [6, 6.07) is 6.92. The van der Waals surface area contributed by atoms with Crippen molar-refractivity contribution < 1.29 is 14.3 Å². The summed E-state index contributed by atoms with van der Waals surface area (Å²) in [5, 5.41) is 2.81. The average Bonchev–Trinajstić information content (AvgIpc) is 2.60. The summed E-state index contributed by atoms with van der Waals surface area (Å²) < 4.78 is 4.73. The first-order valence-corrected chi connectivity index (χ1v) is 9.16. The van der Waals surface area contributed by atoms with Crippen LogP contribution in [0.3, 0.4) is 0 Å². The number of esters is 1. The van der Waals surface area contributed by atoms with Gasteiger partial charge in [-0.2, -0.15) is 0 Å². The number of rotatable bonds is 12.